The maximum absolute atomic E-state index is 10.1. The number of rotatable bonds is 4. The Bertz CT molecular complexity index is 439. The lowest BCUT2D eigenvalue weighted by atomic mass is 10.0. The average molecular weight is 219 g/mol. The SMILES string of the molecule is COc1cnccc1C(O)Cc1ccoc1. The standard InChI is InChI=1S/C12H13NO3/c1-15-12-7-13-4-2-10(12)11(14)6-9-3-5-16-8-9/h2-5,7-8,11,14H,6H2,1H3. The maximum atomic E-state index is 10.1. The summed E-state index contributed by atoms with van der Waals surface area (Å²) >= 11 is 0. The van der Waals surface area contributed by atoms with E-state index in [0.29, 0.717) is 12.2 Å². The molecule has 0 aliphatic rings. The van der Waals surface area contributed by atoms with E-state index < -0.39 is 6.10 Å². The van der Waals surface area contributed by atoms with Gasteiger partial charge in [-0.2, -0.15) is 0 Å². The van der Waals surface area contributed by atoms with Crippen molar-refractivity contribution in [3.63, 3.8) is 0 Å². The van der Waals surface area contributed by atoms with E-state index in [4.69, 9.17) is 9.15 Å². The molecule has 0 aliphatic carbocycles. The molecule has 2 heterocycles. The number of ether oxygens (including phenoxy) is 1. The van der Waals surface area contributed by atoms with Crippen molar-refractivity contribution >= 4 is 0 Å². The number of hydrogen-bond donors (Lipinski definition) is 1. The molecule has 1 N–H and O–H groups in total. The van der Waals surface area contributed by atoms with Gasteiger partial charge in [-0.3, -0.25) is 4.98 Å². The molecule has 0 radical (unpaired) electrons. The molecule has 1 unspecified atom stereocenters. The van der Waals surface area contributed by atoms with Gasteiger partial charge in [-0.25, -0.2) is 0 Å². The number of aliphatic hydroxyl groups excluding tert-OH is 1. The van der Waals surface area contributed by atoms with E-state index in [9.17, 15) is 5.11 Å². The zero-order valence-electron chi connectivity index (χ0n) is 8.96. The number of pyridine rings is 1. The first-order valence-electron chi connectivity index (χ1n) is 4.98. The summed E-state index contributed by atoms with van der Waals surface area (Å²) in [4.78, 5) is 3.94. The topological polar surface area (TPSA) is 55.5 Å². The van der Waals surface area contributed by atoms with E-state index in [1.807, 2.05) is 6.07 Å². The molecule has 0 amide bonds. The number of aromatic nitrogens is 1. The van der Waals surface area contributed by atoms with Crippen molar-refractivity contribution in [1.82, 2.24) is 4.98 Å². The fourth-order valence-electron chi connectivity index (χ4n) is 1.58. The number of methoxy groups -OCH3 is 1. The molecule has 0 aromatic carbocycles. The fraction of sp³-hybridized carbons (Fsp3) is 0.250. The summed E-state index contributed by atoms with van der Waals surface area (Å²) in [6, 6.07) is 3.58. The Hall–Kier alpha value is -1.81. The van der Waals surface area contributed by atoms with Crippen molar-refractivity contribution in [3.05, 3.63) is 48.2 Å². The van der Waals surface area contributed by atoms with E-state index in [-0.39, 0.29) is 0 Å². The summed E-state index contributed by atoms with van der Waals surface area (Å²) in [5.74, 6) is 0.596. The molecule has 4 nitrogen and oxygen atoms in total. The molecule has 84 valence electrons. The summed E-state index contributed by atoms with van der Waals surface area (Å²) in [7, 11) is 1.56. The van der Waals surface area contributed by atoms with Gasteiger partial charge in [0.2, 0.25) is 0 Å². The normalized spacial score (nSPS) is 12.4. The Labute approximate surface area is 93.5 Å². The third kappa shape index (κ3) is 2.23. The van der Waals surface area contributed by atoms with Crippen molar-refractivity contribution in [3.8, 4) is 5.75 Å². The number of nitrogens with zero attached hydrogens (tertiary/aromatic N) is 1. The molecule has 0 saturated carbocycles. The van der Waals surface area contributed by atoms with Gasteiger partial charge in [0.1, 0.15) is 5.75 Å². The van der Waals surface area contributed by atoms with Crippen LogP contribution in [0.4, 0.5) is 0 Å². The number of furan rings is 1. The molecule has 0 bridgehead atoms. The molecular weight excluding hydrogens is 206 g/mol. The lowest BCUT2D eigenvalue weighted by Crippen LogP contribution is -2.03. The Balaban J connectivity index is 2.17. The molecule has 2 aromatic rings. The van der Waals surface area contributed by atoms with Crippen LogP contribution in [0, 0.1) is 0 Å². The maximum Gasteiger partial charge on any atom is 0.142 e. The molecule has 1 atom stereocenters. The van der Waals surface area contributed by atoms with Crippen LogP contribution in [0.25, 0.3) is 0 Å². The molecule has 2 aromatic heterocycles. The summed E-state index contributed by atoms with van der Waals surface area (Å²) < 4.78 is 10.1. The Kier molecular flexibility index (Phi) is 3.22. The molecular formula is C12H13NO3. The van der Waals surface area contributed by atoms with E-state index in [1.165, 1.54) is 0 Å². The third-order valence-electron chi connectivity index (χ3n) is 2.40. The zero-order chi connectivity index (χ0) is 11.4. The second-order valence-electron chi connectivity index (χ2n) is 3.47. The second-order valence-corrected chi connectivity index (χ2v) is 3.47. The van der Waals surface area contributed by atoms with Crippen LogP contribution in [-0.4, -0.2) is 17.2 Å². The van der Waals surface area contributed by atoms with Gasteiger partial charge in [0.05, 0.1) is 31.9 Å². The van der Waals surface area contributed by atoms with E-state index in [2.05, 4.69) is 4.98 Å². The van der Waals surface area contributed by atoms with Gasteiger partial charge < -0.3 is 14.3 Å². The van der Waals surface area contributed by atoms with Crippen LogP contribution in [0.15, 0.2) is 41.5 Å². The summed E-state index contributed by atoms with van der Waals surface area (Å²) in [6.07, 6.45) is 6.32. The minimum Gasteiger partial charge on any atom is -0.495 e. The highest BCUT2D eigenvalue weighted by molar-refractivity contribution is 5.32. The summed E-state index contributed by atoms with van der Waals surface area (Å²) in [6.45, 7) is 0. The fourth-order valence-corrected chi connectivity index (χ4v) is 1.58. The van der Waals surface area contributed by atoms with Crippen molar-refractivity contribution in [2.75, 3.05) is 7.11 Å². The predicted octanol–water partition coefficient (Wildman–Crippen LogP) is 1.96. The number of hydrogen-bond acceptors (Lipinski definition) is 4. The molecule has 16 heavy (non-hydrogen) atoms. The van der Waals surface area contributed by atoms with Crippen molar-refractivity contribution < 1.29 is 14.3 Å². The van der Waals surface area contributed by atoms with Gasteiger partial charge in [0.15, 0.2) is 0 Å². The van der Waals surface area contributed by atoms with Crippen LogP contribution < -0.4 is 4.74 Å². The van der Waals surface area contributed by atoms with Crippen LogP contribution in [0.3, 0.4) is 0 Å². The highest BCUT2D eigenvalue weighted by Crippen LogP contribution is 2.26. The van der Waals surface area contributed by atoms with Crippen LogP contribution in [0.2, 0.25) is 0 Å². The first kappa shape index (κ1) is 10.7. The van der Waals surface area contributed by atoms with Crippen LogP contribution in [-0.2, 0) is 6.42 Å². The van der Waals surface area contributed by atoms with Gasteiger partial charge in [0, 0.05) is 18.2 Å². The average Bonchev–Trinajstić information content (AvgIpc) is 2.81. The molecule has 0 spiro atoms. The van der Waals surface area contributed by atoms with Gasteiger partial charge in [0.25, 0.3) is 0 Å². The van der Waals surface area contributed by atoms with Gasteiger partial charge in [-0.15, -0.1) is 0 Å². The first-order valence-corrected chi connectivity index (χ1v) is 4.98. The van der Waals surface area contributed by atoms with Crippen molar-refractivity contribution in [2.24, 2.45) is 0 Å². The van der Waals surface area contributed by atoms with Gasteiger partial charge in [-0.05, 0) is 17.7 Å². The summed E-state index contributed by atoms with van der Waals surface area (Å²) in [5.41, 5.74) is 1.69. The summed E-state index contributed by atoms with van der Waals surface area (Å²) in [5, 5.41) is 10.1. The quantitative estimate of drug-likeness (QED) is 0.854. The Morgan fingerprint density at radius 2 is 2.38 bits per heavy atom. The van der Waals surface area contributed by atoms with Crippen molar-refractivity contribution in [1.29, 1.82) is 0 Å². The van der Waals surface area contributed by atoms with Crippen molar-refractivity contribution in [2.45, 2.75) is 12.5 Å². The Morgan fingerprint density at radius 1 is 1.50 bits per heavy atom. The highest BCUT2D eigenvalue weighted by Gasteiger charge is 2.14. The van der Waals surface area contributed by atoms with Gasteiger partial charge in [-0.1, -0.05) is 0 Å². The van der Waals surface area contributed by atoms with E-state index >= 15 is 0 Å². The van der Waals surface area contributed by atoms with E-state index in [0.717, 1.165) is 11.1 Å². The lowest BCUT2D eigenvalue weighted by molar-refractivity contribution is 0.173. The molecule has 4 heteroatoms. The lowest BCUT2D eigenvalue weighted by Gasteiger charge is -2.13. The Morgan fingerprint density at radius 3 is 3.06 bits per heavy atom. The smallest absolute Gasteiger partial charge is 0.142 e. The molecule has 0 saturated heterocycles. The third-order valence-corrected chi connectivity index (χ3v) is 2.40. The minimum absolute atomic E-state index is 0.497. The van der Waals surface area contributed by atoms with Gasteiger partial charge >= 0.3 is 0 Å². The monoisotopic (exact) mass is 219 g/mol. The molecule has 0 fully saturated rings. The molecule has 2 rings (SSSR count). The second kappa shape index (κ2) is 4.81. The van der Waals surface area contributed by atoms with Crippen LogP contribution in [0.5, 0.6) is 5.75 Å². The van der Waals surface area contributed by atoms with E-state index in [1.54, 1.807) is 38.1 Å². The number of aliphatic hydroxyl groups is 1. The van der Waals surface area contributed by atoms with Crippen LogP contribution in [0.1, 0.15) is 17.2 Å². The highest BCUT2D eigenvalue weighted by atomic mass is 16.5. The largest absolute Gasteiger partial charge is 0.495 e. The minimum atomic E-state index is -0.615. The molecule has 0 aliphatic heterocycles. The predicted molar refractivity (Wildman–Crippen MR) is 58.2 cm³/mol. The van der Waals surface area contributed by atoms with Crippen LogP contribution >= 0.6 is 0 Å². The first-order chi connectivity index (χ1) is 7.81. The zero-order valence-corrected chi connectivity index (χ0v) is 8.96.